The first-order chi connectivity index (χ1) is 7.78. The highest BCUT2D eigenvalue weighted by Crippen LogP contribution is 2.21. The van der Waals surface area contributed by atoms with Gasteiger partial charge in [-0.1, -0.05) is 6.92 Å². The van der Waals surface area contributed by atoms with Crippen LogP contribution in [0.5, 0.6) is 11.5 Å². The van der Waals surface area contributed by atoms with Crippen LogP contribution in [0.2, 0.25) is 0 Å². The van der Waals surface area contributed by atoms with Crippen LogP contribution in [-0.4, -0.2) is 9.97 Å². The van der Waals surface area contributed by atoms with Crippen molar-refractivity contribution in [2.75, 3.05) is 5.73 Å². The van der Waals surface area contributed by atoms with Crippen LogP contribution in [-0.2, 0) is 6.42 Å². The molecule has 2 aromatic rings. The van der Waals surface area contributed by atoms with Gasteiger partial charge in [-0.25, -0.2) is 0 Å². The first-order valence-electron chi connectivity index (χ1n) is 5.10. The van der Waals surface area contributed by atoms with Gasteiger partial charge in [0.2, 0.25) is 0 Å². The van der Waals surface area contributed by atoms with E-state index >= 15 is 0 Å². The van der Waals surface area contributed by atoms with Gasteiger partial charge >= 0.3 is 0 Å². The molecule has 2 heterocycles. The molecule has 0 unspecified atom stereocenters. The number of aromatic nitrogens is 2. The van der Waals surface area contributed by atoms with Crippen molar-refractivity contribution in [3.63, 3.8) is 0 Å². The molecule has 0 radical (unpaired) electrons. The SMILES string of the molecule is CCc1cncc(Oc2cncc(N)c2)c1. The van der Waals surface area contributed by atoms with Crippen molar-refractivity contribution < 1.29 is 4.74 Å². The smallest absolute Gasteiger partial charge is 0.147 e. The van der Waals surface area contributed by atoms with Crippen LogP contribution in [0, 0.1) is 0 Å². The predicted octanol–water partition coefficient (Wildman–Crippen LogP) is 2.41. The molecule has 0 atom stereocenters. The number of nitrogens with zero attached hydrogens (tertiary/aromatic N) is 2. The Kier molecular flexibility index (Phi) is 3.00. The molecule has 0 aliphatic heterocycles. The van der Waals surface area contributed by atoms with Crippen LogP contribution >= 0.6 is 0 Å². The molecule has 0 fully saturated rings. The fourth-order valence-corrected chi connectivity index (χ4v) is 1.34. The molecule has 2 aromatic heterocycles. The zero-order chi connectivity index (χ0) is 11.4. The average molecular weight is 215 g/mol. The van der Waals surface area contributed by atoms with E-state index in [4.69, 9.17) is 10.5 Å². The third-order valence-corrected chi connectivity index (χ3v) is 2.15. The summed E-state index contributed by atoms with van der Waals surface area (Å²) >= 11 is 0. The Balaban J connectivity index is 2.20. The Morgan fingerprint density at radius 2 is 1.75 bits per heavy atom. The second-order valence-electron chi connectivity index (χ2n) is 3.44. The normalized spacial score (nSPS) is 10.1. The van der Waals surface area contributed by atoms with E-state index < -0.39 is 0 Å². The number of ether oxygens (including phenoxy) is 1. The molecule has 0 aliphatic rings. The summed E-state index contributed by atoms with van der Waals surface area (Å²) in [6.45, 7) is 2.07. The van der Waals surface area contributed by atoms with Crippen molar-refractivity contribution in [3.8, 4) is 11.5 Å². The highest BCUT2D eigenvalue weighted by molar-refractivity contribution is 5.41. The van der Waals surface area contributed by atoms with Crippen molar-refractivity contribution >= 4 is 5.69 Å². The molecule has 2 rings (SSSR count). The lowest BCUT2D eigenvalue weighted by molar-refractivity contribution is 0.477. The summed E-state index contributed by atoms with van der Waals surface area (Å²) in [6.07, 6.45) is 7.62. The molecule has 4 nitrogen and oxygen atoms in total. The summed E-state index contributed by atoms with van der Waals surface area (Å²) in [7, 11) is 0. The van der Waals surface area contributed by atoms with Crippen molar-refractivity contribution in [2.45, 2.75) is 13.3 Å². The minimum atomic E-state index is 0.581. The van der Waals surface area contributed by atoms with Gasteiger partial charge in [-0.2, -0.15) is 0 Å². The summed E-state index contributed by atoms with van der Waals surface area (Å²) in [5, 5.41) is 0. The fraction of sp³-hybridized carbons (Fsp3) is 0.167. The molecule has 16 heavy (non-hydrogen) atoms. The molecule has 0 aromatic carbocycles. The second kappa shape index (κ2) is 4.61. The first-order valence-corrected chi connectivity index (χ1v) is 5.10. The molecule has 0 saturated heterocycles. The van der Waals surface area contributed by atoms with Gasteiger partial charge in [0.1, 0.15) is 11.5 Å². The number of anilines is 1. The number of pyridine rings is 2. The van der Waals surface area contributed by atoms with E-state index in [0.29, 0.717) is 17.2 Å². The van der Waals surface area contributed by atoms with Crippen molar-refractivity contribution in [1.29, 1.82) is 0 Å². The average Bonchev–Trinajstić information content (AvgIpc) is 2.29. The monoisotopic (exact) mass is 215 g/mol. The second-order valence-corrected chi connectivity index (χ2v) is 3.44. The maximum Gasteiger partial charge on any atom is 0.147 e. The molecule has 0 amide bonds. The fourth-order valence-electron chi connectivity index (χ4n) is 1.34. The molecule has 82 valence electrons. The largest absolute Gasteiger partial charge is 0.454 e. The third-order valence-electron chi connectivity index (χ3n) is 2.15. The number of aryl methyl sites for hydroxylation is 1. The van der Waals surface area contributed by atoms with Gasteiger partial charge in [0.05, 0.1) is 24.3 Å². The van der Waals surface area contributed by atoms with Crippen LogP contribution in [0.4, 0.5) is 5.69 Å². The Labute approximate surface area is 94.1 Å². The molecule has 4 heteroatoms. The van der Waals surface area contributed by atoms with Crippen molar-refractivity contribution in [3.05, 3.63) is 42.5 Å². The Morgan fingerprint density at radius 3 is 2.44 bits per heavy atom. The Morgan fingerprint density at radius 1 is 1.06 bits per heavy atom. The summed E-state index contributed by atoms with van der Waals surface area (Å²) in [5.74, 6) is 1.32. The zero-order valence-corrected chi connectivity index (χ0v) is 9.05. The van der Waals surface area contributed by atoms with Gasteiger partial charge in [-0.15, -0.1) is 0 Å². The van der Waals surface area contributed by atoms with Gasteiger partial charge in [0.15, 0.2) is 0 Å². The van der Waals surface area contributed by atoms with Gasteiger partial charge in [0.25, 0.3) is 0 Å². The summed E-state index contributed by atoms with van der Waals surface area (Å²) in [6, 6.07) is 3.68. The van der Waals surface area contributed by atoms with Gasteiger partial charge in [0, 0.05) is 12.3 Å². The molecule has 0 spiro atoms. The predicted molar refractivity (Wildman–Crippen MR) is 62.3 cm³/mol. The minimum absolute atomic E-state index is 0.581. The van der Waals surface area contributed by atoms with Crippen LogP contribution in [0.3, 0.4) is 0 Å². The minimum Gasteiger partial charge on any atom is -0.454 e. The van der Waals surface area contributed by atoms with Crippen molar-refractivity contribution in [2.24, 2.45) is 0 Å². The Hall–Kier alpha value is -2.10. The molecule has 0 aliphatic carbocycles. The van der Waals surface area contributed by atoms with Crippen molar-refractivity contribution in [1.82, 2.24) is 9.97 Å². The van der Waals surface area contributed by atoms with E-state index in [-0.39, 0.29) is 0 Å². The summed E-state index contributed by atoms with van der Waals surface area (Å²) in [5.41, 5.74) is 7.32. The van der Waals surface area contributed by atoms with Crippen LogP contribution < -0.4 is 10.5 Å². The van der Waals surface area contributed by atoms with E-state index in [1.54, 1.807) is 24.7 Å². The highest BCUT2D eigenvalue weighted by atomic mass is 16.5. The number of nitrogen functional groups attached to an aromatic ring is 1. The number of hydrogen-bond acceptors (Lipinski definition) is 4. The maximum absolute atomic E-state index is 5.61. The lowest BCUT2D eigenvalue weighted by atomic mass is 10.2. The van der Waals surface area contributed by atoms with E-state index in [1.165, 1.54) is 0 Å². The molecule has 2 N–H and O–H groups in total. The quantitative estimate of drug-likeness (QED) is 0.854. The topological polar surface area (TPSA) is 61.0 Å². The Bertz CT molecular complexity index is 485. The first kappa shape index (κ1) is 10.4. The number of hydrogen-bond donors (Lipinski definition) is 1. The zero-order valence-electron chi connectivity index (χ0n) is 9.05. The standard InChI is InChI=1S/C12H13N3O/c1-2-9-3-11(7-14-5-9)16-12-4-10(13)6-15-8-12/h3-8H,2,13H2,1H3. The lowest BCUT2D eigenvalue weighted by Gasteiger charge is -2.06. The van der Waals surface area contributed by atoms with Gasteiger partial charge in [-0.05, 0) is 18.1 Å². The van der Waals surface area contributed by atoms with E-state index in [1.807, 2.05) is 12.3 Å². The van der Waals surface area contributed by atoms with E-state index in [2.05, 4.69) is 16.9 Å². The van der Waals surface area contributed by atoms with Crippen LogP contribution in [0.1, 0.15) is 12.5 Å². The number of rotatable bonds is 3. The third kappa shape index (κ3) is 2.48. The van der Waals surface area contributed by atoms with E-state index in [9.17, 15) is 0 Å². The highest BCUT2D eigenvalue weighted by Gasteiger charge is 1.99. The number of nitrogens with two attached hydrogens (primary N) is 1. The van der Waals surface area contributed by atoms with Gasteiger partial charge in [-0.3, -0.25) is 9.97 Å². The van der Waals surface area contributed by atoms with Gasteiger partial charge < -0.3 is 10.5 Å². The summed E-state index contributed by atoms with van der Waals surface area (Å²) < 4.78 is 5.60. The molecule has 0 bridgehead atoms. The van der Waals surface area contributed by atoms with E-state index in [0.717, 1.165) is 12.0 Å². The van der Waals surface area contributed by atoms with Crippen LogP contribution in [0.15, 0.2) is 36.9 Å². The summed E-state index contributed by atoms with van der Waals surface area (Å²) in [4.78, 5) is 8.05. The lowest BCUT2D eigenvalue weighted by Crippen LogP contribution is -1.91. The molecular formula is C12H13N3O. The molecule has 0 saturated carbocycles. The molecular weight excluding hydrogens is 202 g/mol. The maximum atomic E-state index is 5.61. The van der Waals surface area contributed by atoms with Crippen LogP contribution in [0.25, 0.3) is 0 Å².